The Balaban J connectivity index is 0.000000321. The molecule has 2 fully saturated rings. The molecule has 2 heterocycles. The minimum atomic E-state index is -5.08. The topological polar surface area (TPSA) is 69.6 Å². The first-order valence-corrected chi connectivity index (χ1v) is 7.85. The van der Waals surface area contributed by atoms with E-state index in [-0.39, 0.29) is 0 Å². The lowest BCUT2D eigenvalue weighted by molar-refractivity contribution is -0.192. The van der Waals surface area contributed by atoms with Crippen LogP contribution >= 0.6 is 0 Å². The Kier molecular flexibility index (Phi) is 5.74. The van der Waals surface area contributed by atoms with Crippen molar-refractivity contribution in [3.63, 3.8) is 0 Å². The highest BCUT2D eigenvalue weighted by Crippen LogP contribution is 2.35. The molecule has 2 saturated heterocycles. The summed E-state index contributed by atoms with van der Waals surface area (Å²) in [5.41, 5.74) is -1.44. The molecule has 0 radical (unpaired) electrons. The van der Waals surface area contributed by atoms with E-state index in [1.165, 1.54) is 12.1 Å². The maximum atomic E-state index is 14.1. The third-order valence-corrected chi connectivity index (χ3v) is 4.46. The Hall–Kier alpha value is -2.30. The van der Waals surface area contributed by atoms with Gasteiger partial charge in [-0.15, -0.1) is 0 Å². The van der Waals surface area contributed by atoms with Gasteiger partial charge in [0.05, 0.1) is 11.1 Å². The smallest absolute Gasteiger partial charge is 0.475 e. The van der Waals surface area contributed by atoms with Crippen molar-refractivity contribution in [1.29, 1.82) is 0 Å². The van der Waals surface area contributed by atoms with Crippen LogP contribution in [0.3, 0.4) is 0 Å². The molecule has 0 saturated carbocycles. The summed E-state index contributed by atoms with van der Waals surface area (Å²) in [7, 11) is 0. The molecule has 5 nitrogen and oxygen atoms in total. The number of nitrogens with one attached hydrogen (secondary N) is 1. The summed E-state index contributed by atoms with van der Waals surface area (Å²) in [5.74, 6) is -9.08. The van der Waals surface area contributed by atoms with Crippen molar-refractivity contribution in [2.45, 2.75) is 30.5 Å². The Morgan fingerprint density at radius 2 is 1.59 bits per heavy atom. The molecule has 0 spiro atoms. The van der Waals surface area contributed by atoms with Gasteiger partial charge in [0.25, 0.3) is 5.91 Å². The fourth-order valence-corrected chi connectivity index (χ4v) is 3.05. The van der Waals surface area contributed by atoms with Crippen molar-refractivity contribution in [2.75, 3.05) is 19.6 Å². The molecule has 0 atom stereocenters. The second-order valence-electron chi connectivity index (χ2n) is 6.37. The zero-order valence-corrected chi connectivity index (χ0v) is 13.8. The van der Waals surface area contributed by atoms with E-state index in [2.05, 4.69) is 10.2 Å². The zero-order chi connectivity index (χ0) is 20.5. The number of piperidine rings is 1. The fraction of sp³-hybridized carbons (Fsp3) is 0.500. The van der Waals surface area contributed by atoms with E-state index >= 15 is 0 Å². The number of rotatable bonds is 3. The number of halogens is 6. The fourth-order valence-electron chi connectivity index (χ4n) is 3.05. The number of carboxylic acid groups (broad SMARTS) is 1. The van der Waals surface area contributed by atoms with E-state index < -0.39 is 40.9 Å². The number of hydrogen-bond donors (Lipinski definition) is 2. The van der Waals surface area contributed by atoms with Gasteiger partial charge in [-0.25, -0.2) is 9.18 Å². The number of alkyl halides is 5. The van der Waals surface area contributed by atoms with Crippen LogP contribution in [0.25, 0.3) is 0 Å². The van der Waals surface area contributed by atoms with Crippen LogP contribution in [0.2, 0.25) is 0 Å². The Morgan fingerprint density at radius 1 is 1.07 bits per heavy atom. The molecule has 0 aliphatic carbocycles. The SMILES string of the molecule is O=C(NC12CCN(CC1)C2)C(F)(F)c1ccccc1F.O=C(O)C(F)(F)F. The summed E-state index contributed by atoms with van der Waals surface area (Å²) >= 11 is 0. The predicted molar refractivity (Wildman–Crippen MR) is 80.5 cm³/mol. The van der Waals surface area contributed by atoms with Gasteiger partial charge in [-0.2, -0.15) is 22.0 Å². The van der Waals surface area contributed by atoms with E-state index in [0.29, 0.717) is 19.4 Å². The largest absolute Gasteiger partial charge is 0.490 e. The van der Waals surface area contributed by atoms with Crippen molar-refractivity contribution in [2.24, 2.45) is 0 Å². The first-order chi connectivity index (χ1) is 12.4. The average molecular weight is 398 g/mol. The minimum absolute atomic E-state index is 0.564. The minimum Gasteiger partial charge on any atom is -0.475 e. The third kappa shape index (κ3) is 4.71. The lowest BCUT2D eigenvalue weighted by atomic mass is 9.94. The molecule has 2 aliphatic heterocycles. The summed E-state index contributed by atoms with van der Waals surface area (Å²) in [5, 5.41) is 9.58. The van der Waals surface area contributed by atoms with Crippen molar-refractivity contribution >= 4 is 11.9 Å². The molecule has 2 bridgehead atoms. The van der Waals surface area contributed by atoms with Crippen LogP contribution in [0, 0.1) is 5.82 Å². The highest BCUT2D eigenvalue weighted by Gasteiger charge is 2.50. The van der Waals surface area contributed by atoms with E-state index in [1.54, 1.807) is 0 Å². The standard InChI is InChI=1S/C14H15F3N2O.C2HF3O2/c15-11-4-2-1-3-10(11)14(16,17)12(20)18-13-5-7-19(9-13)8-6-13;3-2(4,5)1(6)7/h1-4H,5-9H2,(H,18,20);(H,6,7). The predicted octanol–water partition coefficient (Wildman–Crippen LogP) is 2.52. The van der Waals surface area contributed by atoms with Gasteiger partial charge in [0.15, 0.2) is 0 Å². The van der Waals surface area contributed by atoms with Crippen molar-refractivity contribution in [3.8, 4) is 0 Å². The van der Waals surface area contributed by atoms with Gasteiger partial charge in [-0.1, -0.05) is 12.1 Å². The molecule has 1 amide bonds. The number of hydrogen-bond acceptors (Lipinski definition) is 3. The van der Waals surface area contributed by atoms with Crippen LogP contribution in [0.5, 0.6) is 0 Å². The highest BCUT2D eigenvalue weighted by molar-refractivity contribution is 5.85. The Morgan fingerprint density at radius 3 is 2.00 bits per heavy atom. The molecule has 27 heavy (non-hydrogen) atoms. The van der Waals surface area contributed by atoms with Crippen molar-refractivity contribution in [1.82, 2.24) is 10.2 Å². The second kappa shape index (κ2) is 7.37. The van der Waals surface area contributed by atoms with Crippen molar-refractivity contribution in [3.05, 3.63) is 35.6 Å². The van der Waals surface area contributed by atoms with Crippen LogP contribution < -0.4 is 5.32 Å². The summed E-state index contributed by atoms with van der Waals surface area (Å²) in [4.78, 5) is 22.9. The first-order valence-electron chi connectivity index (χ1n) is 7.85. The molecular formula is C16H16F6N2O3. The van der Waals surface area contributed by atoms with E-state index in [4.69, 9.17) is 9.90 Å². The molecule has 150 valence electrons. The number of carbonyl (C=O) groups is 2. The number of carboxylic acids is 1. The van der Waals surface area contributed by atoms with Crippen LogP contribution in [0.15, 0.2) is 24.3 Å². The maximum Gasteiger partial charge on any atom is 0.490 e. The van der Waals surface area contributed by atoms with Crippen LogP contribution in [0.1, 0.15) is 18.4 Å². The lowest BCUT2D eigenvalue weighted by Gasteiger charge is -2.29. The quantitative estimate of drug-likeness (QED) is 0.768. The Bertz CT molecular complexity index is 714. The molecular weight excluding hydrogens is 382 g/mol. The summed E-state index contributed by atoms with van der Waals surface area (Å²) in [6, 6.07) is 4.49. The second-order valence-corrected chi connectivity index (χ2v) is 6.37. The number of nitrogens with zero attached hydrogens (tertiary/aromatic N) is 1. The van der Waals surface area contributed by atoms with Gasteiger partial charge in [-0.3, -0.25) is 4.79 Å². The number of benzene rings is 1. The zero-order valence-electron chi connectivity index (χ0n) is 13.8. The highest BCUT2D eigenvalue weighted by atomic mass is 19.4. The van der Waals surface area contributed by atoms with E-state index in [1.807, 2.05) is 0 Å². The van der Waals surface area contributed by atoms with Crippen LogP contribution in [-0.4, -0.2) is 53.2 Å². The Labute approximate surface area is 149 Å². The van der Waals surface area contributed by atoms with Gasteiger partial charge in [0, 0.05) is 19.6 Å². The normalized spacial score (nSPS) is 24.1. The number of aliphatic carboxylic acids is 1. The molecule has 11 heteroatoms. The van der Waals surface area contributed by atoms with Gasteiger partial charge < -0.3 is 15.3 Å². The molecule has 0 aromatic heterocycles. The first kappa shape index (κ1) is 21.0. The summed E-state index contributed by atoms with van der Waals surface area (Å²) < 4.78 is 73.4. The molecule has 3 rings (SSSR count). The number of carbonyl (C=O) groups excluding carboxylic acids is 1. The average Bonchev–Trinajstić information content (AvgIpc) is 3.15. The van der Waals surface area contributed by atoms with E-state index in [9.17, 15) is 31.1 Å². The number of amides is 1. The third-order valence-electron chi connectivity index (χ3n) is 4.46. The van der Waals surface area contributed by atoms with Crippen LogP contribution in [-0.2, 0) is 15.5 Å². The monoisotopic (exact) mass is 398 g/mol. The molecule has 2 aliphatic rings. The molecule has 1 aromatic rings. The lowest BCUT2D eigenvalue weighted by Crippen LogP contribution is -2.52. The van der Waals surface area contributed by atoms with Crippen LogP contribution in [0.4, 0.5) is 26.3 Å². The van der Waals surface area contributed by atoms with Gasteiger partial charge in [-0.05, 0) is 25.0 Å². The molecule has 1 aromatic carbocycles. The van der Waals surface area contributed by atoms with Crippen molar-refractivity contribution < 1.29 is 41.0 Å². The van der Waals surface area contributed by atoms with E-state index in [0.717, 1.165) is 25.2 Å². The van der Waals surface area contributed by atoms with Gasteiger partial charge >= 0.3 is 18.1 Å². The summed E-state index contributed by atoms with van der Waals surface area (Å²) in [6.07, 6.45) is -3.74. The maximum absolute atomic E-state index is 14.1. The van der Waals surface area contributed by atoms with Gasteiger partial charge in [0.1, 0.15) is 5.82 Å². The number of fused-ring (bicyclic) bond motifs is 2. The summed E-state index contributed by atoms with van der Waals surface area (Å²) in [6.45, 7) is 2.23. The molecule has 2 N–H and O–H groups in total. The molecule has 0 unspecified atom stereocenters. The van der Waals surface area contributed by atoms with Gasteiger partial charge in [0.2, 0.25) is 0 Å².